The molecule has 1 rings (SSSR count). The van der Waals surface area contributed by atoms with Crippen LogP contribution in [0.4, 0.5) is 0 Å². The van der Waals surface area contributed by atoms with E-state index in [1.165, 1.54) is 0 Å². The van der Waals surface area contributed by atoms with Crippen molar-refractivity contribution in [2.24, 2.45) is 0 Å². The predicted octanol–water partition coefficient (Wildman–Crippen LogP) is 3.23. The Labute approximate surface area is 110 Å². The van der Waals surface area contributed by atoms with Crippen LogP contribution in [0.15, 0.2) is 34.8 Å². The quantitative estimate of drug-likeness (QED) is 0.459. The van der Waals surface area contributed by atoms with E-state index in [1.807, 2.05) is 19.1 Å². The molecule has 0 bridgehead atoms. The molecule has 0 aliphatic heterocycles. The zero-order valence-electron chi connectivity index (χ0n) is 9.90. The molecule has 1 aromatic rings. The SMILES string of the molecule is CC=CCOCC(=O)c1ccc(OC)c(Br)c1. The number of carbonyl (C=O) groups is 1. The van der Waals surface area contributed by atoms with Gasteiger partial charge in [0, 0.05) is 5.56 Å². The van der Waals surface area contributed by atoms with Crippen molar-refractivity contribution >= 4 is 21.7 Å². The number of ether oxygens (including phenoxy) is 2. The maximum atomic E-state index is 11.7. The van der Waals surface area contributed by atoms with Gasteiger partial charge in [0.25, 0.3) is 0 Å². The average Bonchev–Trinajstić information content (AvgIpc) is 2.34. The van der Waals surface area contributed by atoms with Crippen LogP contribution in [-0.4, -0.2) is 26.1 Å². The Balaban J connectivity index is 2.60. The van der Waals surface area contributed by atoms with Crippen LogP contribution >= 0.6 is 15.9 Å². The molecule has 0 fully saturated rings. The lowest BCUT2D eigenvalue weighted by molar-refractivity contribution is 0.0806. The molecule has 0 heterocycles. The zero-order chi connectivity index (χ0) is 12.7. The minimum atomic E-state index is -0.0437. The molecule has 0 amide bonds. The summed E-state index contributed by atoms with van der Waals surface area (Å²) in [5.41, 5.74) is 0.609. The van der Waals surface area contributed by atoms with Crippen LogP contribution in [0, 0.1) is 0 Å². The van der Waals surface area contributed by atoms with Crippen molar-refractivity contribution in [1.29, 1.82) is 0 Å². The van der Waals surface area contributed by atoms with Crippen LogP contribution in [0.5, 0.6) is 5.75 Å². The van der Waals surface area contributed by atoms with Crippen molar-refractivity contribution in [1.82, 2.24) is 0 Å². The lowest BCUT2D eigenvalue weighted by Crippen LogP contribution is -2.09. The van der Waals surface area contributed by atoms with Crippen molar-refractivity contribution < 1.29 is 14.3 Å². The number of carbonyl (C=O) groups excluding carboxylic acids is 1. The highest BCUT2D eigenvalue weighted by Crippen LogP contribution is 2.25. The van der Waals surface area contributed by atoms with Gasteiger partial charge in [-0.2, -0.15) is 0 Å². The molecule has 92 valence electrons. The number of halogens is 1. The highest BCUT2D eigenvalue weighted by atomic mass is 79.9. The van der Waals surface area contributed by atoms with E-state index in [-0.39, 0.29) is 12.4 Å². The van der Waals surface area contributed by atoms with Gasteiger partial charge in [-0.15, -0.1) is 0 Å². The van der Waals surface area contributed by atoms with E-state index in [0.29, 0.717) is 17.9 Å². The third kappa shape index (κ3) is 4.32. The van der Waals surface area contributed by atoms with Crippen LogP contribution in [0.1, 0.15) is 17.3 Å². The maximum Gasteiger partial charge on any atom is 0.188 e. The van der Waals surface area contributed by atoms with Gasteiger partial charge in [-0.1, -0.05) is 12.2 Å². The van der Waals surface area contributed by atoms with Gasteiger partial charge >= 0.3 is 0 Å². The first kappa shape index (κ1) is 13.9. The van der Waals surface area contributed by atoms with Crippen LogP contribution in [0.3, 0.4) is 0 Å². The van der Waals surface area contributed by atoms with Crippen LogP contribution < -0.4 is 4.74 Å². The van der Waals surface area contributed by atoms with Crippen molar-refractivity contribution in [3.05, 3.63) is 40.4 Å². The third-order valence-electron chi connectivity index (χ3n) is 2.16. The summed E-state index contributed by atoms with van der Waals surface area (Å²) >= 11 is 3.34. The summed E-state index contributed by atoms with van der Waals surface area (Å²) in [7, 11) is 1.59. The first-order valence-corrected chi connectivity index (χ1v) is 6.04. The molecule has 0 atom stereocenters. The summed E-state index contributed by atoms with van der Waals surface area (Å²) in [4.78, 5) is 11.7. The minimum absolute atomic E-state index is 0.0437. The number of methoxy groups -OCH3 is 1. The molecule has 0 aliphatic carbocycles. The molecule has 0 unspecified atom stereocenters. The fraction of sp³-hybridized carbons (Fsp3) is 0.308. The highest BCUT2D eigenvalue weighted by Gasteiger charge is 2.08. The lowest BCUT2D eigenvalue weighted by Gasteiger charge is -2.05. The van der Waals surface area contributed by atoms with E-state index >= 15 is 0 Å². The van der Waals surface area contributed by atoms with E-state index < -0.39 is 0 Å². The van der Waals surface area contributed by atoms with Gasteiger partial charge in [0.2, 0.25) is 0 Å². The van der Waals surface area contributed by atoms with Gasteiger partial charge in [0.1, 0.15) is 12.4 Å². The molecule has 0 aromatic heterocycles. The third-order valence-corrected chi connectivity index (χ3v) is 2.78. The van der Waals surface area contributed by atoms with Crippen molar-refractivity contribution in [2.75, 3.05) is 20.3 Å². The topological polar surface area (TPSA) is 35.5 Å². The van der Waals surface area contributed by atoms with Gasteiger partial charge in [0.15, 0.2) is 5.78 Å². The molecule has 0 aliphatic rings. The van der Waals surface area contributed by atoms with Gasteiger partial charge in [-0.05, 0) is 41.1 Å². The molecule has 0 spiro atoms. The minimum Gasteiger partial charge on any atom is -0.496 e. The molecule has 0 saturated carbocycles. The van der Waals surface area contributed by atoms with Crippen LogP contribution in [0.2, 0.25) is 0 Å². The Morgan fingerprint density at radius 1 is 1.47 bits per heavy atom. The Morgan fingerprint density at radius 3 is 2.82 bits per heavy atom. The molecular formula is C13H15BrO3. The smallest absolute Gasteiger partial charge is 0.188 e. The highest BCUT2D eigenvalue weighted by molar-refractivity contribution is 9.10. The summed E-state index contributed by atoms with van der Waals surface area (Å²) < 4.78 is 11.1. The summed E-state index contributed by atoms with van der Waals surface area (Å²) in [6.45, 7) is 2.45. The predicted molar refractivity (Wildman–Crippen MR) is 70.7 cm³/mol. The summed E-state index contributed by atoms with van der Waals surface area (Å²) in [5.74, 6) is 0.661. The average molecular weight is 299 g/mol. The Morgan fingerprint density at radius 2 is 2.24 bits per heavy atom. The van der Waals surface area contributed by atoms with Crippen molar-refractivity contribution in [3.8, 4) is 5.75 Å². The monoisotopic (exact) mass is 298 g/mol. The molecule has 0 radical (unpaired) electrons. The first-order valence-electron chi connectivity index (χ1n) is 5.24. The Hall–Kier alpha value is -1.13. The number of allylic oxidation sites excluding steroid dienone is 1. The summed E-state index contributed by atoms with van der Waals surface area (Å²) in [5, 5.41) is 0. The Kier molecular flexibility index (Phi) is 5.94. The summed E-state index contributed by atoms with van der Waals surface area (Å²) in [6.07, 6.45) is 3.74. The van der Waals surface area contributed by atoms with Crippen molar-refractivity contribution in [2.45, 2.75) is 6.92 Å². The number of hydrogen-bond acceptors (Lipinski definition) is 3. The molecule has 0 saturated heterocycles. The number of benzene rings is 1. The lowest BCUT2D eigenvalue weighted by atomic mass is 10.1. The standard InChI is InChI=1S/C13H15BrO3/c1-3-4-7-17-9-12(15)10-5-6-13(16-2)11(14)8-10/h3-6,8H,7,9H2,1-2H3. The fourth-order valence-electron chi connectivity index (χ4n) is 1.24. The molecule has 3 nitrogen and oxygen atoms in total. The van der Waals surface area contributed by atoms with Gasteiger partial charge in [-0.25, -0.2) is 0 Å². The molecular weight excluding hydrogens is 284 g/mol. The number of Topliss-reactive ketones (excluding diaryl/α,β-unsaturated/α-hetero) is 1. The zero-order valence-corrected chi connectivity index (χ0v) is 11.5. The molecule has 0 N–H and O–H groups in total. The van der Waals surface area contributed by atoms with Gasteiger partial charge in [0.05, 0.1) is 18.2 Å². The second kappa shape index (κ2) is 7.25. The van der Waals surface area contributed by atoms with Crippen molar-refractivity contribution in [3.63, 3.8) is 0 Å². The van der Waals surface area contributed by atoms with E-state index in [9.17, 15) is 4.79 Å². The number of hydrogen-bond donors (Lipinski definition) is 0. The van der Waals surface area contributed by atoms with E-state index in [0.717, 1.165) is 4.47 Å². The van der Waals surface area contributed by atoms with E-state index in [1.54, 1.807) is 25.3 Å². The second-order valence-electron chi connectivity index (χ2n) is 3.36. The molecule has 4 heteroatoms. The largest absolute Gasteiger partial charge is 0.496 e. The Bertz CT molecular complexity index is 413. The molecule has 1 aromatic carbocycles. The number of rotatable bonds is 6. The second-order valence-corrected chi connectivity index (χ2v) is 4.21. The van der Waals surface area contributed by atoms with Gasteiger partial charge in [-0.3, -0.25) is 4.79 Å². The summed E-state index contributed by atoms with van der Waals surface area (Å²) in [6, 6.07) is 5.22. The molecule has 17 heavy (non-hydrogen) atoms. The van der Waals surface area contributed by atoms with Crippen LogP contribution in [0.25, 0.3) is 0 Å². The normalized spacial score (nSPS) is 10.8. The first-order chi connectivity index (χ1) is 8.19. The van der Waals surface area contributed by atoms with E-state index in [2.05, 4.69) is 15.9 Å². The van der Waals surface area contributed by atoms with E-state index in [4.69, 9.17) is 9.47 Å². The fourth-order valence-corrected chi connectivity index (χ4v) is 1.78. The number of ketones is 1. The van der Waals surface area contributed by atoms with Gasteiger partial charge < -0.3 is 9.47 Å². The maximum absolute atomic E-state index is 11.7. The van der Waals surface area contributed by atoms with Crippen LogP contribution in [-0.2, 0) is 4.74 Å².